The first-order valence-electron chi connectivity index (χ1n) is 13.3. The fourth-order valence-electron chi connectivity index (χ4n) is 3.91. The summed E-state index contributed by atoms with van der Waals surface area (Å²) in [4.78, 5) is 0. The van der Waals surface area contributed by atoms with E-state index in [0.29, 0.717) is 13.2 Å². The van der Waals surface area contributed by atoms with E-state index in [2.05, 4.69) is 52.0 Å². The standard InChI is InChI=1S/C30H42O4/c1-5-9-17-31-23-13-15-25-27(21-23)29(33-19-11-7-3)26-16-14-24(32-18-10-6-2)22-28(26)30(25)34-20-12-8-4/h13-16,21-22H,5-12,17-20H2,1-4H3. The van der Waals surface area contributed by atoms with Crippen molar-refractivity contribution >= 4 is 21.5 Å². The SMILES string of the molecule is CCCCOc1ccc2c(OCCCC)c3cc(OCCCC)ccc3c(OCCCC)c2c1. The molecule has 0 radical (unpaired) electrons. The van der Waals surface area contributed by atoms with Gasteiger partial charge >= 0.3 is 0 Å². The van der Waals surface area contributed by atoms with E-state index in [9.17, 15) is 0 Å². The third kappa shape index (κ3) is 6.71. The number of hydrogen-bond donors (Lipinski definition) is 0. The first-order chi connectivity index (χ1) is 16.7. The highest BCUT2D eigenvalue weighted by Gasteiger charge is 2.18. The highest BCUT2D eigenvalue weighted by atomic mass is 16.5. The highest BCUT2D eigenvalue weighted by Crippen LogP contribution is 2.45. The number of benzene rings is 3. The van der Waals surface area contributed by atoms with Crippen LogP contribution in [-0.4, -0.2) is 26.4 Å². The average Bonchev–Trinajstić information content (AvgIpc) is 2.85. The molecule has 0 saturated carbocycles. The molecule has 0 N–H and O–H groups in total. The Morgan fingerprint density at radius 1 is 0.441 bits per heavy atom. The molecule has 3 aromatic rings. The molecule has 0 aliphatic rings. The van der Waals surface area contributed by atoms with Gasteiger partial charge < -0.3 is 18.9 Å². The van der Waals surface area contributed by atoms with Gasteiger partial charge in [0.2, 0.25) is 0 Å². The lowest BCUT2D eigenvalue weighted by molar-refractivity contribution is 0.305. The van der Waals surface area contributed by atoms with Gasteiger partial charge in [-0.25, -0.2) is 0 Å². The number of ether oxygens (including phenoxy) is 4. The molecule has 0 unspecified atom stereocenters. The van der Waals surface area contributed by atoms with Crippen LogP contribution in [0.3, 0.4) is 0 Å². The fraction of sp³-hybridized carbons (Fsp3) is 0.533. The monoisotopic (exact) mass is 466 g/mol. The molecule has 186 valence electrons. The number of hydrogen-bond acceptors (Lipinski definition) is 4. The maximum Gasteiger partial charge on any atom is 0.135 e. The van der Waals surface area contributed by atoms with Gasteiger partial charge in [-0.3, -0.25) is 0 Å². The Kier molecular flexibility index (Phi) is 10.7. The van der Waals surface area contributed by atoms with Crippen molar-refractivity contribution in [2.24, 2.45) is 0 Å². The van der Waals surface area contributed by atoms with Gasteiger partial charge in [-0.1, -0.05) is 53.4 Å². The Labute approximate surface area is 205 Å². The van der Waals surface area contributed by atoms with Gasteiger partial charge in [0.1, 0.15) is 23.0 Å². The maximum atomic E-state index is 6.42. The van der Waals surface area contributed by atoms with Gasteiger partial charge in [0.15, 0.2) is 0 Å². The second kappa shape index (κ2) is 13.9. The van der Waals surface area contributed by atoms with E-state index in [4.69, 9.17) is 18.9 Å². The van der Waals surface area contributed by atoms with E-state index in [-0.39, 0.29) is 0 Å². The molecule has 4 nitrogen and oxygen atoms in total. The van der Waals surface area contributed by atoms with Crippen LogP contribution in [0.1, 0.15) is 79.1 Å². The van der Waals surface area contributed by atoms with Crippen LogP contribution in [0.2, 0.25) is 0 Å². The van der Waals surface area contributed by atoms with Gasteiger partial charge in [0.05, 0.1) is 26.4 Å². The largest absolute Gasteiger partial charge is 0.494 e. The van der Waals surface area contributed by atoms with Crippen molar-refractivity contribution in [3.8, 4) is 23.0 Å². The molecule has 4 heteroatoms. The minimum absolute atomic E-state index is 0.687. The van der Waals surface area contributed by atoms with Gasteiger partial charge in [-0.2, -0.15) is 0 Å². The van der Waals surface area contributed by atoms with Crippen LogP contribution in [0.5, 0.6) is 23.0 Å². The van der Waals surface area contributed by atoms with E-state index in [0.717, 1.165) is 109 Å². The normalized spacial score (nSPS) is 11.2. The van der Waals surface area contributed by atoms with Gasteiger partial charge in [-0.05, 0) is 62.1 Å². The quantitative estimate of drug-likeness (QED) is 0.156. The third-order valence-electron chi connectivity index (χ3n) is 5.98. The van der Waals surface area contributed by atoms with Crippen LogP contribution >= 0.6 is 0 Å². The van der Waals surface area contributed by atoms with Crippen LogP contribution in [0, 0.1) is 0 Å². The third-order valence-corrected chi connectivity index (χ3v) is 5.98. The summed E-state index contributed by atoms with van der Waals surface area (Å²) in [5.41, 5.74) is 0. The maximum absolute atomic E-state index is 6.42. The van der Waals surface area contributed by atoms with Crippen molar-refractivity contribution in [3.05, 3.63) is 36.4 Å². The molecule has 0 aromatic heterocycles. The number of unbranched alkanes of at least 4 members (excludes halogenated alkanes) is 4. The molecule has 0 fully saturated rings. The summed E-state index contributed by atoms with van der Waals surface area (Å²) in [6.07, 6.45) is 8.53. The van der Waals surface area contributed by atoms with Crippen LogP contribution in [0.25, 0.3) is 21.5 Å². The lowest BCUT2D eigenvalue weighted by Gasteiger charge is -2.19. The van der Waals surface area contributed by atoms with E-state index in [1.54, 1.807) is 0 Å². The smallest absolute Gasteiger partial charge is 0.135 e. The van der Waals surface area contributed by atoms with E-state index in [1.807, 2.05) is 12.1 Å². The van der Waals surface area contributed by atoms with Crippen LogP contribution in [0.4, 0.5) is 0 Å². The summed E-state index contributed by atoms with van der Waals surface area (Å²) >= 11 is 0. The lowest BCUT2D eigenvalue weighted by Crippen LogP contribution is -2.03. The van der Waals surface area contributed by atoms with E-state index in [1.165, 1.54) is 0 Å². The molecular weight excluding hydrogens is 424 g/mol. The first-order valence-corrected chi connectivity index (χ1v) is 13.3. The summed E-state index contributed by atoms with van der Waals surface area (Å²) in [6, 6.07) is 12.6. The number of fused-ring (bicyclic) bond motifs is 2. The molecule has 0 amide bonds. The fourth-order valence-corrected chi connectivity index (χ4v) is 3.91. The summed E-state index contributed by atoms with van der Waals surface area (Å²) in [7, 11) is 0. The number of rotatable bonds is 16. The predicted molar refractivity (Wildman–Crippen MR) is 143 cm³/mol. The molecule has 0 bridgehead atoms. The molecule has 0 spiro atoms. The minimum Gasteiger partial charge on any atom is -0.494 e. The Morgan fingerprint density at radius 2 is 0.794 bits per heavy atom. The predicted octanol–water partition coefficient (Wildman–Crippen LogP) is 8.71. The van der Waals surface area contributed by atoms with Crippen molar-refractivity contribution in [1.82, 2.24) is 0 Å². The first kappa shape index (κ1) is 26.0. The average molecular weight is 467 g/mol. The van der Waals surface area contributed by atoms with Crippen molar-refractivity contribution in [2.45, 2.75) is 79.1 Å². The Balaban J connectivity index is 2.14. The summed E-state index contributed by atoms with van der Waals surface area (Å²) in [6.45, 7) is 11.5. The second-order valence-corrected chi connectivity index (χ2v) is 8.88. The lowest BCUT2D eigenvalue weighted by atomic mass is 9.99. The van der Waals surface area contributed by atoms with Crippen molar-refractivity contribution in [1.29, 1.82) is 0 Å². The summed E-state index contributed by atoms with van der Waals surface area (Å²) < 4.78 is 24.9. The molecular formula is C30H42O4. The second-order valence-electron chi connectivity index (χ2n) is 8.88. The molecule has 3 rings (SSSR count). The van der Waals surface area contributed by atoms with Crippen molar-refractivity contribution in [3.63, 3.8) is 0 Å². The van der Waals surface area contributed by atoms with Crippen LogP contribution in [-0.2, 0) is 0 Å². The van der Waals surface area contributed by atoms with Crippen LogP contribution < -0.4 is 18.9 Å². The van der Waals surface area contributed by atoms with Gasteiger partial charge in [-0.15, -0.1) is 0 Å². The topological polar surface area (TPSA) is 36.9 Å². The Hall–Kier alpha value is -2.62. The Morgan fingerprint density at radius 3 is 1.15 bits per heavy atom. The summed E-state index contributed by atoms with van der Waals surface area (Å²) in [5.74, 6) is 3.56. The van der Waals surface area contributed by atoms with Crippen molar-refractivity contribution in [2.75, 3.05) is 26.4 Å². The molecule has 0 heterocycles. The zero-order valence-corrected chi connectivity index (χ0v) is 21.6. The highest BCUT2D eigenvalue weighted by molar-refractivity contribution is 6.11. The zero-order valence-electron chi connectivity index (χ0n) is 21.6. The Bertz CT molecular complexity index is 944. The van der Waals surface area contributed by atoms with E-state index >= 15 is 0 Å². The molecule has 0 aliphatic carbocycles. The molecule has 0 atom stereocenters. The van der Waals surface area contributed by atoms with Gasteiger partial charge in [0.25, 0.3) is 0 Å². The van der Waals surface area contributed by atoms with Crippen LogP contribution in [0.15, 0.2) is 36.4 Å². The van der Waals surface area contributed by atoms with Crippen molar-refractivity contribution < 1.29 is 18.9 Å². The zero-order chi connectivity index (χ0) is 24.2. The molecule has 0 saturated heterocycles. The molecule has 3 aromatic carbocycles. The summed E-state index contributed by atoms with van der Waals surface area (Å²) in [5, 5.41) is 4.21. The van der Waals surface area contributed by atoms with Gasteiger partial charge in [0, 0.05) is 21.5 Å². The molecule has 0 aliphatic heterocycles. The van der Waals surface area contributed by atoms with E-state index < -0.39 is 0 Å². The molecule has 34 heavy (non-hydrogen) atoms. The minimum atomic E-state index is 0.687.